The number of hydrogen-bond acceptors (Lipinski definition) is 4. The van der Waals surface area contributed by atoms with Crippen LogP contribution < -0.4 is 16.8 Å². The maximum atomic E-state index is 11.3. The number of nitrogens with zero attached hydrogens (tertiary/aromatic N) is 1. The summed E-state index contributed by atoms with van der Waals surface area (Å²) in [6, 6.07) is 5.85. The predicted molar refractivity (Wildman–Crippen MR) is 67.1 cm³/mol. The van der Waals surface area contributed by atoms with E-state index in [9.17, 15) is 4.79 Å². The number of aryl methyl sites for hydroxylation is 1. The molecule has 1 aromatic carbocycles. The Morgan fingerprint density at radius 2 is 2.24 bits per heavy atom. The van der Waals surface area contributed by atoms with Crippen LogP contribution in [-0.4, -0.2) is 24.2 Å². The van der Waals surface area contributed by atoms with Crippen molar-refractivity contribution in [2.75, 3.05) is 19.6 Å². The van der Waals surface area contributed by atoms with Crippen molar-refractivity contribution in [2.24, 2.45) is 12.8 Å². The highest BCUT2D eigenvalue weighted by Crippen LogP contribution is 2.14. The van der Waals surface area contributed by atoms with Crippen molar-refractivity contribution in [3.63, 3.8) is 0 Å². The van der Waals surface area contributed by atoms with E-state index in [1.54, 1.807) is 7.05 Å². The second-order valence-electron chi connectivity index (χ2n) is 4.02. The first-order valence-electron chi connectivity index (χ1n) is 5.71. The molecule has 0 aliphatic rings. The molecule has 0 aliphatic heterocycles. The van der Waals surface area contributed by atoms with Gasteiger partial charge < -0.3 is 15.5 Å². The van der Waals surface area contributed by atoms with Gasteiger partial charge >= 0.3 is 5.76 Å². The molecule has 0 amide bonds. The summed E-state index contributed by atoms with van der Waals surface area (Å²) in [5.41, 5.74) is 8.01. The van der Waals surface area contributed by atoms with Crippen molar-refractivity contribution in [2.45, 2.75) is 6.42 Å². The lowest BCUT2D eigenvalue weighted by molar-refractivity contribution is 0.527. The normalized spacial score (nSPS) is 11.2. The molecular formula is C12H17N3O2. The number of hydrogen-bond donors (Lipinski definition) is 2. The summed E-state index contributed by atoms with van der Waals surface area (Å²) in [4.78, 5) is 11.3. The van der Waals surface area contributed by atoms with Crippen molar-refractivity contribution >= 4 is 11.1 Å². The van der Waals surface area contributed by atoms with Gasteiger partial charge in [-0.05, 0) is 30.7 Å². The van der Waals surface area contributed by atoms with E-state index >= 15 is 0 Å². The minimum absolute atomic E-state index is 0.321. The molecule has 2 rings (SSSR count). The number of nitrogens with one attached hydrogen (secondary N) is 1. The SMILES string of the molecule is Cn1c(=O)oc2cc(CCNCCN)ccc21. The smallest absolute Gasteiger partial charge is 0.408 e. The molecule has 0 aliphatic carbocycles. The quantitative estimate of drug-likeness (QED) is 0.727. The van der Waals surface area contributed by atoms with E-state index in [0.29, 0.717) is 12.1 Å². The summed E-state index contributed by atoms with van der Waals surface area (Å²) in [6.07, 6.45) is 0.897. The third-order valence-corrected chi connectivity index (χ3v) is 2.77. The fraction of sp³-hybridized carbons (Fsp3) is 0.417. The van der Waals surface area contributed by atoms with Gasteiger partial charge in [-0.15, -0.1) is 0 Å². The van der Waals surface area contributed by atoms with E-state index < -0.39 is 0 Å². The Hall–Kier alpha value is -1.59. The maximum absolute atomic E-state index is 11.3. The summed E-state index contributed by atoms with van der Waals surface area (Å²) in [5, 5.41) is 3.23. The fourth-order valence-corrected chi connectivity index (χ4v) is 1.79. The van der Waals surface area contributed by atoms with Crippen LogP contribution in [0.5, 0.6) is 0 Å². The zero-order chi connectivity index (χ0) is 12.3. The van der Waals surface area contributed by atoms with Gasteiger partial charge in [0.2, 0.25) is 0 Å². The first-order chi connectivity index (χ1) is 8.22. The molecular weight excluding hydrogens is 218 g/mol. The third-order valence-electron chi connectivity index (χ3n) is 2.77. The molecule has 17 heavy (non-hydrogen) atoms. The van der Waals surface area contributed by atoms with Gasteiger partial charge in [0.25, 0.3) is 0 Å². The van der Waals surface area contributed by atoms with Crippen LogP contribution in [0.4, 0.5) is 0 Å². The van der Waals surface area contributed by atoms with Crippen molar-refractivity contribution in [1.29, 1.82) is 0 Å². The molecule has 1 heterocycles. The maximum Gasteiger partial charge on any atom is 0.419 e. The van der Waals surface area contributed by atoms with Crippen LogP contribution in [-0.2, 0) is 13.5 Å². The summed E-state index contributed by atoms with van der Waals surface area (Å²) < 4.78 is 6.64. The van der Waals surface area contributed by atoms with Crippen molar-refractivity contribution < 1.29 is 4.42 Å². The second kappa shape index (κ2) is 5.16. The Labute approximate surface area is 99.2 Å². The molecule has 0 unspecified atom stereocenters. The van der Waals surface area contributed by atoms with E-state index in [1.807, 2.05) is 18.2 Å². The largest absolute Gasteiger partial charge is 0.419 e. The van der Waals surface area contributed by atoms with Crippen LogP contribution >= 0.6 is 0 Å². The molecule has 5 heteroatoms. The average molecular weight is 235 g/mol. The second-order valence-corrected chi connectivity index (χ2v) is 4.02. The lowest BCUT2D eigenvalue weighted by Crippen LogP contribution is -2.24. The van der Waals surface area contributed by atoms with Crippen molar-refractivity contribution in [1.82, 2.24) is 9.88 Å². The topological polar surface area (TPSA) is 73.2 Å². The van der Waals surface area contributed by atoms with Crippen LogP contribution in [0.2, 0.25) is 0 Å². The van der Waals surface area contributed by atoms with Crippen molar-refractivity contribution in [3.8, 4) is 0 Å². The van der Waals surface area contributed by atoms with Gasteiger partial charge in [-0.3, -0.25) is 4.57 Å². The van der Waals surface area contributed by atoms with Gasteiger partial charge in [-0.1, -0.05) is 6.07 Å². The Balaban J connectivity index is 2.12. The van der Waals surface area contributed by atoms with Crippen LogP contribution in [0.15, 0.2) is 27.4 Å². The summed E-state index contributed by atoms with van der Waals surface area (Å²) in [5.74, 6) is -0.321. The monoisotopic (exact) mass is 235 g/mol. The predicted octanol–water partition coefficient (Wildman–Crippen LogP) is 0.222. The highest BCUT2D eigenvalue weighted by molar-refractivity contribution is 5.73. The van der Waals surface area contributed by atoms with Gasteiger partial charge in [0.05, 0.1) is 5.52 Å². The van der Waals surface area contributed by atoms with Gasteiger partial charge in [0.1, 0.15) is 0 Å². The number of nitrogens with two attached hydrogens (primary N) is 1. The van der Waals surface area contributed by atoms with Crippen LogP contribution in [0.25, 0.3) is 11.1 Å². The van der Waals surface area contributed by atoms with E-state index in [4.69, 9.17) is 10.2 Å². The Morgan fingerprint density at radius 1 is 1.41 bits per heavy atom. The minimum atomic E-state index is -0.321. The highest BCUT2D eigenvalue weighted by Gasteiger charge is 2.05. The molecule has 0 saturated heterocycles. The highest BCUT2D eigenvalue weighted by atomic mass is 16.4. The lowest BCUT2D eigenvalue weighted by atomic mass is 10.1. The molecule has 0 fully saturated rings. The fourth-order valence-electron chi connectivity index (χ4n) is 1.79. The Kier molecular flexibility index (Phi) is 3.61. The van der Waals surface area contributed by atoms with Crippen molar-refractivity contribution in [3.05, 3.63) is 34.3 Å². The number of oxazole rings is 1. The van der Waals surface area contributed by atoms with Gasteiger partial charge in [-0.25, -0.2) is 4.79 Å². The molecule has 0 radical (unpaired) electrons. The van der Waals surface area contributed by atoms with Crippen LogP contribution in [0.3, 0.4) is 0 Å². The summed E-state index contributed by atoms with van der Waals surface area (Å²) in [6.45, 7) is 2.34. The van der Waals surface area contributed by atoms with E-state index in [-0.39, 0.29) is 5.76 Å². The van der Waals surface area contributed by atoms with Gasteiger partial charge in [-0.2, -0.15) is 0 Å². The molecule has 2 aromatic rings. The van der Waals surface area contributed by atoms with E-state index in [2.05, 4.69) is 5.32 Å². The van der Waals surface area contributed by atoms with Gasteiger partial charge in [0.15, 0.2) is 5.58 Å². The Bertz CT molecular complexity index is 556. The van der Waals surface area contributed by atoms with Gasteiger partial charge in [0, 0.05) is 20.1 Å². The van der Waals surface area contributed by atoms with E-state index in [0.717, 1.165) is 30.6 Å². The minimum Gasteiger partial charge on any atom is -0.408 e. The lowest BCUT2D eigenvalue weighted by Gasteiger charge is -2.03. The Morgan fingerprint density at radius 3 is 3.00 bits per heavy atom. The standard InChI is InChI=1S/C12H17N3O2/c1-15-10-3-2-9(4-6-14-7-5-13)8-11(10)17-12(15)16/h2-3,8,14H,4-7,13H2,1H3. The first-order valence-corrected chi connectivity index (χ1v) is 5.71. The summed E-state index contributed by atoms with van der Waals surface area (Å²) in [7, 11) is 1.71. The summed E-state index contributed by atoms with van der Waals surface area (Å²) >= 11 is 0. The van der Waals surface area contributed by atoms with E-state index in [1.165, 1.54) is 4.57 Å². The zero-order valence-corrected chi connectivity index (χ0v) is 9.90. The van der Waals surface area contributed by atoms with Crippen LogP contribution in [0, 0.1) is 0 Å². The van der Waals surface area contributed by atoms with Crippen LogP contribution in [0.1, 0.15) is 5.56 Å². The molecule has 0 spiro atoms. The first kappa shape index (κ1) is 11.9. The molecule has 0 atom stereocenters. The molecule has 92 valence electrons. The molecule has 0 bridgehead atoms. The molecule has 0 saturated carbocycles. The average Bonchev–Trinajstić information content (AvgIpc) is 2.61. The molecule has 3 N–H and O–H groups in total. The molecule has 5 nitrogen and oxygen atoms in total. The molecule has 1 aromatic heterocycles. The number of aromatic nitrogens is 1. The zero-order valence-electron chi connectivity index (χ0n) is 9.90. The number of rotatable bonds is 5. The third kappa shape index (κ3) is 2.57. The number of fused-ring (bicyclic) bond motifs is 1. The number of benzene rings is 1.